The first-order valence-corrected chi connectivity index (χ1v) is 4.83. The minimum Gasteiger partial charge on any atom is -0.491 e. The highest BCUT2D eigenvalue weighted by molar-refractivity contribution is 6.31. The molecule has 0 amide bonds. The molecule has 0 aromatic heterocycles. The minimum absolute atomic E-state index is 0.182. The van der Waals surface area contributed by atoms with Crippen LogP contribution in [-0.4, -0.2) is 19.6 Å². The summed E-state index contributed by atoms with van der Waals surface area (Å²) in [4.78, 5) is 0. The molecule has 0 atom stereocenters. The van der Waals surface area contributed by atoms with Crippen LogP contribution < -0.4 is 4.74 Å². The molecule has 0 fully saturated rings. The van der Waals surface area contributed by atoms with E-state index in [4.69, 9.17) is 21.6 Å². The van der Waals surface area contributed by atoms with Crippen molar-refractivity contribution in [3.63, 3.8) is 0 Å². The molecule has 1 rings (SSSR count). The van der Waals surface area contributed by atoms with Gasteiger partial charge in [0, 0.05) is 6.07 Å². The van der Waals surface area contributed by atoms with Gasteiger partial charge < -0.3 is 4.74 Å². The summed E-state index contributed by atoms with van der Waals surface area (Å²) < 4.78 is 43.3. The lowest BCUT2D eigenvalue weighted by molar-refractivity contribution is -0.325. The fourth-order valence-corrected chi connectivity index (χ4v) is 1.21. The van der Waals surface area contributed by atoms with Gasteiger partial charge in [0.25, 0.3) is 0 Å². The molecule has 0 heterocycles. The molecule has 0 unspecified atom stereocenters. The van der Waals surface area contributed by atoms with E-state index in [1.54, 1.807) is 0 Å². The van der Waals surface area contributed by atoms with Gasteiger partial charge in [0.15, 0.2) is 0 Å². The Morgan fingerprint density at radius 1 is 1.29 bits per heavy atom. The topological polar surface area (TPSA) is 42.2 Å². The molecule has 17 heavy (non-hydrogen) atoms. The van der Waals surface area contributed by atoms with E-state index in [0.717, 1.165) is 0 Å². The van der Waals surface area contributed by atoms with Crippen LogP contribution in [0.5, 0.6) is 5.75 Å². The summed E-state index contributed by atoms with van der Waals surface area (Å²) >= 11 is 5.70. The molecule has 0 bridgehead atoms. The van der Waals surface area contributed by atoms with Crippen LogP contribution in [0.15, 0.2) is 18.2 Å². The van der Waals surface area contributed by atoms with Gasteiger partial charge in [-0.05, 0) is 12.1 Å². The maximum atomic E-state index is 11.6. The van der Waals surface area contributed by atoms with Crippen molar-refractivity contribution in [2.75, 3.05) is 13.2 Å². The molecule has 7 heteroatoms. The molecule has 0 aliphatic rings. The van der Waals surface area contributed by atoms with Crippen LogP contribution in [0.3, 0.4) is 0 Å². The van der Waals surface area contributed by atoms with Crippen LogP contribution in [0, 0.1) is 11.3 Å². The summed E-state index contributed by atoms with van der Waals surface area (Å²) in [5.41, 5.74) is 0.269. The summed E-state index contributed by atoms with van der Waals surface area (Å²) in [5, 5.41) is 8.77. The van der Waals surface area contributed by atoms with Crippen molar-refractivity contribution in [1.82, 2.24) is 0 Å². The Labute approximate surface area is 100 Å². The highest BCUT2D eigenvalue weighted by Gasteiger charge is 2.28. The number of hydrogen-bond donors (Lipinski definition) is 0. The predicted octanol–water partition coefficient (Wildman–Crippen LogP) is 3.13. The molecule has 1 aromatic carbocycles. The monoisotopic (exact) mass is 265 g/mol. The fourth-order valence-electron chi connectivity index (χ4n) is 0.993. The maximum absolute atomic E-state index is 11.6. The van der Waals surface area contributed by atoms with Gasteiger partial charge in [0.05, 0.1) is 17.2 Å². The smallest absolute Gasteiger partial charge is 0.491 e. The van der Waals surface area contributed by atoms with Gasteiger partial charge in [-0.2, -0.15) is 5.26 Å². The second-order valence-electron chi connectivity index (χ2n) is 2.90. The number of hydrogen-bond acceptors (Lipinski definition) is 3. The van der Waals surface area contributed by atoms with Crippen molar-refractivity contribution in [2.24, 2.45) is 0 Å². The number of alkyl halides is 3. The molecule has 0 saturated heterocycles. The molecular formula is C10H7ClF3NO2. The molecule has 3 nitrogen and oxygen atoms in total. The standard InChI is InChI=1S/C10H7ClF3NO2/c11-9-5-8(2-1-7(9)6-15)16-3-4-17-10(12,13)14/h1-2,5H,3-4H2. The molecule has 0 saturated carbocycles. The second-order valence-corrected chi connectivity index (χ2v) is 3.30. The van der Waals surface area contributed by atoms with Crippen LogP contribution in [0.1, 0.15) is 5.56 Å². The molecule has 0 aliphatic heterocycles. The van der Waals surface area contributed by atoms with Gasteiger partial charge in [-0.25, -0.2) is 0 Å². The van der Waals surface area contributed by atoms with Crippen molar-refractivity contribution in [3.05, 3.63) is 28.8 Å². The van der Waals surface area contributed by atoms with Gasteiger partial charge >= 0.3 is 6.36 Å². The zero-order valence-electron chi connectivity index (χ0n) is 8.42. The number of ether oxygens (including phenoxy) is 2. The molecule has 0 radical (unpaired) electrons. The zero-order valence-corrected chi connectivity index (χ0v) is 9.18. The van der Waals surface area contributed by atoms with Crippen LogP contribution >= 0.6 is 11.6 Å². The van der Waals surface area contributed by atoms with E-state index in [9.17, 15) is 13.2 Å². The lowest BCUT2D eigenvalue weighted by atomic mass is 10.2. The third kappa shape index (κ3) is 4.93. The van der Waals surface area contributed by atoms with E-state index in [1.165, 1.54) is 18.2 Å². The molecule has 92 valence electrons. The Morgan fingerprint density at radius 3 is 2.53 bits per heavy atom. The van der Waals surface area contributed by atoms with Crippen molar-refractivity contribution < 1.29 is 22.6 Å². The van der Waals surface area contributed by atoms with Crippen molar-refractivity contribution >= 4 is 11.6 Å². The summed E-state index contributed by atoms with van der Waals surface area (Å²) in [5.74, 6) is 0.278. The third-order valence-corrected chi connectivity index (χ3v) is 1.99. The van der Waals surface area contributed by atoms with E-state index >= 15 is 0 Å². The van der Waals surface area contributed by atoms with E-state index in [0.29, 0.717) is 0 Å². The number of benzene rings is 1. The second kappa shape index (κ2) is 5.75. The van der Waals surface area contributed by atoms with Crippen LogP contribution in [0.2, 0.25) is 5.02 Å². The first kappa shape index (κ1) is 13.6. The first-order chi connectivity index (χ1) is 7.92. The van der Waals surface area contributed by atoms with E-state index in [2.05, 4.69) is 4.74 Å². The largest absolute Gasteiger partial charge is 0.522 e. The average molecular weight is 266 g/mol. The maximum Gasteiger partial charge on any atom is 0.522 e. The van der Waals surface area contributed by atoms with Crippen LogP contribution in [0.4, 0.5) is 13.2 Å². The third-order valence-electron chi connectivity index (χ3n) is 1.68. The van der Waals surface area contributed by atoms with Crippen molar-refractivity contribution in [1.29, 1.82) is 5.26 Å². The minimum atomic E-state index is -4.66. The average Bonchev–Trinajstić information content (AvgIpc) is 2.23. The fraction of sp³-hybridized carbons (Fsp3) is 0.300. The molecule has 0 N–H and O–H groups in total. The normalized spacial score (nSPS) is 11.0. The van der Waals surface area contributed by atoms with Gasteiger partial charge in [-0.3, -0.25) is 4.74 Å². The Hall–Kier alpha value is -1.45. The summed E-state index contributed by atoms with van der Waals surface area (Å²) in [6.45, 7) is -0.872. The summed E-state index contributed by atoms with van der Waals surface area (Å²) in [6.07, 6.45) is -4.66. The lowest BCUT2D eigenvalue weighted by Crippen LogP contribution is -2.18. The van der Waals surface area contributed by atoms with Crippen LogP contribution in [0.25, 0.3) is 0 Å². The predicted molar refractivity (Wildman–Crippen MR) is 53.7 cm³/mol. The molecule has 0 aliphatic carbocycles. The number of halogens is 4. The SMILES string of the molecule is N#Cc1ccc(OCCOC(F)(F)F)cc1Cl. The highest BCUT2D eigenvalue weighted by Crippen LogP contribution is 2.22. The Morgan fingerprint density at radius 2 is 2.00 bits per heavy atom. The zero-order chi connectivity index (χ0) is 12.9. The number of rotatable bonds is 4. The van der Waals surface area contributed by atoms with Gasteiger partial charge in [0.2, 0.25) is 0 Å². The Bertz CT molecular complexity index is 429. The van der Waals surface area contributed by atoms with E-state index < -0.39 is 13.0 Å². The van der Waals surface area contributed by atoms with Gasteiger partial charge in [-0.15, -0.1) is 13.2 Å². The number of nitriles is 1. The molecule has 0 spiro atoms. The summed E-state index contributed by atoms with van der Waals surface area (Å²) in [6, 6.07) is 6.06. The number of nitrogens with zero attached hydrogens (tertiary/aromatic N) is 1. The van der Waals surface area contributed by atoms with Crippen LogP contribution in [-0.2, 0) is 4.74 Å². The Kier molecular flexibility index (Phi) is 4.61. The molecule has 1 aromatic rings. The summed E-state index contributed by atoms with van der Waals surface area (Å²) in [7, 11) is 0. The van der Waals surface area contributed by atoms with E-state index in [-0.39, 0.29) is 22.9 Å². The Balaban J connectivity index is 2.43. The van der Waals surface area contributed by atoms with E-state index in [1.807, 2.05) is 6.07 Å². The van der Waals surface area contributed by atoms with Crippen molar-refractivity contribution in [3.8, 4) is 11.8 Å². The lowest BCUT2D eigenvalue weighted by Gasteiger charge is -2.09. The van der Waals surface area contributed by atoms with Gasteiger partial charge in [-0.1, -0.05) is 11.6 Å². The highest BCUT2D eigenvalue weighted by atomic mass is 35.5. The van der Waals surface area contributed by atoms with Gasteiger partial charge in [0.1, 0.15) is 18.4 Å². The van der Waals surface area contributed by atoms with Crippen molar-refractivity contribution in [2.45, 2.75) is 6.36 Å². The molecular weight excluding hydrogens is 259 g/mol. The first-order valence-electron chi connectivity index (χ1n) is 4.45. The quantitative estimate of drug-likeness (QED) is 0.786.